The van der Waals surface area contributed by atoms with Crippen molar-refractivity contribution in [3.63, 3.8) is 0 Å². The summed E-state index contributed by atoms with van der Waals surface area (Å²) in [7, 11) is 0. The third kappa shape index (κ3) is 4.03. The van der Waals surface area contributed by atoms with Gasteiger partial charge in [0, 0.05) is 17.3 Å². The molecule has 0 aliphatic carbocycles. The van der Waals surface area contributed by atoms with Crippen LogP contribution < -0.4 is 10.6 Å². The minimum atomic E-state index is -1.03. The van der Waals surface area contributed by atoms with Crippen molar-refractivity contribution in [1.29, 1.82) is 0 Å². The fourth-order valence-electron chi connectivity index (χ4n) is 1.80. The standard InChI is InChI=1S/C14H15N3O3S/c1-2-11(12-15-6-7-21-12)17-14(20)16-10-5-3-4-9(8-10)13(18)19/h3-8,11H,2H2,1H3,(H,18,19)(H2,16,17,20). The Balaban J connectivity index is 2.01. The fraction of sp³-hybridized carbons (Fsp3) is 0.214. The maximum atomic E-state index is 12.0. The molecule has 0 radical (unpaired) electrons. The monoisotopic (exact) mass is 305 g/mol. The van der Waals surface area contributed by atoms with E-state index in [2.05, 4.69) is 15.6 Å². The van der Waals surface area contributed by atoms with Crippen molar-refractivity contribution in [3.8, 4) is 0 Å². The third-order valence-corrected chi connectivity index (χ3v) is 3.72. The lowest BCUT2D eigenvalue weighted by molar-refractivity contribution is 0.0697. The first kappa shape index (κ1) is 15.0. The second-order valence-corrected chi connectivity index (χ2v) is 5.24. The van der Waals surface area contributed by atoms with Gasteiger partial charge in [0.15, 0.2) is 0 Å². The Labute approximate surface area is 125 Å². The average molecular weight is 305 g/mol. The summed E-state index contributed by atoms with van der Waals surface area (Å²) >= 11 is 1.48. The number of carbonyl (C=O) groups excluding carboxylic acids is 1. The van der Waals surface area contributed by atoms with Gasteiger partial charge in [0.1, 0.15) is 5.01 Å². The highest BCUT2D eigenvalue weighted by molar-refractivity contribution is 7.09. The first-order valence-corrected chi connectivity index (χ1v) is 7.28. The molecule has 6 nitrogen and oxygen atoms in total. The van der Waals surface area contributed by atoms with Gasteiger partial charge < -0.3 is 15.7 Å². The quantitative estimate of drug-likeness (QED) is 0.791. The van der Waals surface area contributed by atoms with Crippen molar-refractivity contribution in [1.82, 2.24) is 10.3 Å². The number of benzene rings is 1. The van der Waals surface area contributed by atoms with Crippen molar-refractivity contribution in [2.45, 2.75) is 19.4 Å². The molecule has 21 heavy (non-hydrogen) atoms. The Morgan fingerprint density at radius 2 is 2.24 bits per heavy atom. The van der Waals surface area contributed by atoms with E-state index in [-0.39, 0.29) is 17.6 Å². The summed E-state index contributed by atoms with van der Waals surface area (Å²) in [4.78, 5) is 27.0. The number of rotatable bonds is 5. The summed E-state index contributed by atoms with van der Waals surface area (Å²) in [5.41, 5.74) is 0.557. The van der Waals surface area contributed by atoms with Crippen LogP contribution in [0, 0.1) is 0 Å². The minimum Gasteiger partial charge on any atom is -0.478 e. The van der Waals surface area contributed by atoms with Gasteiger partial charge in [-0.25, -0.2) is 14.6 Å². The van der Waals surface area contributed by atoms with Crippen LogP contribution in [-0.4, -0.2) is 22.1 Å². The van der Waals surface area contributed by atoms with Crippen LogP contribution >= 0.6 is 11.3 Å². The lowest BCUT2D eigenvalue weighted by Crippen LogP contribution is -2.32. The largest absolute Gasteiger partial charge is 0.478 e. The number of aromatic carboxylic acids is 1. The molecule has 0 aliphatic rings. The van der Waals surface area contributed by atoms with E-state index >= 15 is 0 Å². The number of urea groups is 1. The van der Waals surface area contributed by atoms with Crippen LogP contribution in [-0.2, 0) is 0 Å². The summed E-state index contributed by atoms with van der Waals surface area (Å²) in [5, 5.41) is 17.1. The molecular formula is C14H15N3O3S. The lowest BCUT2D eigenvalue weighted by Gasteiger charge is -2.15. The van der Waals surface area contributed by atoms with Gasteiger partial charge in [-0.15, -0.1) is 11.3 Å². The van der Waals surface area contributed by atoms with Crippen molar-refractivity contribution in [2.75, 3.05) is 5.32 Å². The van der Waals surface area contributed by atoms with Gasteiger partial charge in [-0.3, -0.25) is 0 Å². The molecule has 1 unspecified atom stereocenters. The van der Waals surface area contributed by atoms with E-state index in [1.165, 1.54) is 23.5 Å². The molecule has 0 aliphatic heterocycles. The van der Waals surface area contributed by atoms with Crippen molar-refractivity contribution >= 4 is 29.0 Å². The molecule has 1 aromatic carbocycles. The van der Waals surface area contributed by atoms with Gasteiger partial charge in [-0.05, 0) is 24.6 Å². The van der Waals surface area contributed by atoms with Crippen LogP contribution in [0.15, 0.2) is 35.8 Å². The Morgan fingerprint density at radius 1 is 1.43 bits per heavy atom. The van der Waals surface area contributed by atoms with Crippen LogP contribution in [0.4, 0.5) is 10.5 Å². The Morgan fingerprint density at radius 3 is 2.86 bits per heavy atom. The van der Waals surface area contributed by atoms with E-state index in [0.29, 0.717) is 5.69 Å². The van der Waals surface area contributed by atoms with E-state index in [1.54, 1.807) is 18.3 Å². The van der Waals surface area contributed by atoms with Gasteiger partial charge in [0.05, 0.1) is 11.6 Å². The van der Waals surface area contributed by atoms with Gasteiger partial charge in [0.2, 0.25) is 0 Å². The molecular weight excluding hydrogens is 290 g/mol. The number of carbonyl (C=O) groups is 2. The molecule has 1 heterocycles. The van der Waals surface area contributed by atoms with Crippen molar-refractivity contribution in [2.24, 2.45) is 0 Å². The lowest BCUT2D eigenvalue weighted by atomic mass is 10.2. The van der Waals surface area contributed by atoms with E-state index < -0.39 is 5.97 Å². The number of hydrogen-bond donors (Lipinski definition) is 3. The minimum absolute atomic E-state index is 0.125. The Bertz CT molecular complexity index is 628. The maximum absolute atomic E-state index is 12.0. The number of nitrogens with one attached hydrogen (secondary N) is 2. The number of anilines is 1. The average Bonchev–Trinajstić information content (AvgIpc) is 2.99. The highest BCUT2D eigenvalue weighted by Gasteiger charge is 2.15. The first-order chi connectivity index (χ1) is 10.1. The first-order valence-electron chi connectivity index (χ1n) is 6.40. The zero-order valence-corrected chi connectivity index (χ0v) is 12.2. The Kier molecular flexibility index (Phi) is 4.89. The van der Waals surface area contributed by atoms with Crippen LogP contribution in [0.5, 0.6) is 0 Å². The van der Waals surface area contributed by atoms with E-state index in [1.807, 2.05) is 12.3 Å². The molecule has 0 fully saturated rings. The molecule has 0 saturated carbocycles. The molecule has 1 aromatic heterocycles. The molecule has 7 heteroatoms. The predicted molar refractivity (Wildman–Crippen MR) is 80.7 cm³/mol. The van der Waals surface area contributed by atoms with E-state index in [9.17, 15) is 9.59 Å². The number of carboxylic acids is 1. The van der Waals surface area contributed by atoms with Crippen LogP contribution in [0.3, 0.4) is 0 Å². The topological polar surface area (TPSA) is 91.3 Å². The summed E-state index contributed by atoms with van der Waals surface area (Å²) in [6.07, 6.45) is 2.41. The molecule has 2 amide bonds. The van der Waals surface area contributed by atoms with Crippen LogP contribution in [0.1, 0.15) is 34.8 Å². The summed E-state index contributed by atoms with van der Waals surface area (Å²) in [6.45, 7) is 1.96. The second-order valence-electron chi connectivity index (χ2n) is 4.32. The SMILES string of the molecule is CCC(NC(=O)Nc1cccc(C(=O)O)c1)c1nccs1. The molecule has 0 spiro atoms. The van der Waals surface area contributed by atoms with Crippen LogP contribution in [0.2, 0.25) is 0 Å². The van der Waals surface area contributed by atoms with E-state index in [4.69, 9.17) is 5.11 Å². The highest BCUT2D eigenvalue weighted by Crippen LogP contribution is 2.19. The van der Waals surface area contributed by atoms with Gasteiger partial charge in [0.25, 0.3) is 0 Å². The zero-order chi connectivity index (χ0) is 15.2. The predicted octanol–water partition coefficient (Wildman–Crippen LogP) is 3.11. The number of nitrogens with zero attached hydrogens (tertiary/aromatic N) is 1. The third-order valence-electron chi connectivity index (χ3n) is 2.83. The van der Waals surface area contributed by atoms with Crippen molar-refractivity contribution in [3.05, 3.63) is 46.4 Å². The summed E-state index contributed by atoms with van der Waals surface area (Å²) in [5.74, 6) is -1.03. The second kappa shape index (κ2) is 6.85. The van der Waals surface area contributed by atoms with Gasteiger partial charge in [-0.2, -0.15) is 0 Å². The molecule has 3 N–H and O–H groups in total. The zero-order valence-electron chi connectivity index (χ0n) is 11.4. The molecule has 0 bridgehead atoms. The number of carboxylic acid groups (broad SMARTS) is 1. The summed E-state index contributed by atoms with van der Waals surface area (Å²) < 4.78 is 0. The normalized spacial score (nSPS) is 11.7. The molecule has 0 saturated heterocycles. The van der Waals surface area contributed by atoms with Gasteiger partial charge >= 0.3 is 12.0 Å². The smallest absolute Gasteiger partial charge is 0.335 e. The Hall–Kier alpha value is -2.41. The maximum Gasteiger partial charge on any atom is 0.335 e. The number of thiazole rings is 1. The number of amides is 2. The molecule has 1 atom stereocenters. The molecule has 2 aromatic rings. The van der Waals surface area contributed by atoms with Crippen molar-refractivity contribution < 1.29 is 14.7 Å². The van der Waals surface area contributed by atoms with E-state index in [0.717, 1.165) is 11.4 Å². The highest BCUT2D eigenvalue weighted by atomic mass is 32.1. The van der Waals surface area contributed by atoms with Gasteiger partial charge in [-0.1, -0.05) is 13.0 Å². The number of aromatic nitrogens is 1. The number of hydrogen-bond acceptors (Lipinski definition) is 4. The summed E-state index contributed by atoms with van der Waals surface area (Å²) in [6, 6.07) is 5.54. The molecule has 110 valence electrons. The molecule has 2 rings (SSSR count). The van der Waals surface area contributed by atoms with Crippen LogP contribution in [0.25, 0.3) is 0 Å². The fourth-order valence-corrected chi connectivity index (χ4v) is 2.57.